The van der Waals surface area contributed by atoms with Crippen LogP contribution in [0.3, 0.4) is 0 Å². The highest BCUT2D eigenvalue weighted by Gasteiger charge is 2.03. The third-order valence-corrected chi connectivity index (χ3v) is 3.14. The largest absolute Gasteiger partial charge is 0.495 e. The molecule has 0 aliphatic carbocycles. The van der Waals surface area contributed by atoms with E-state index < -0.39 is 0 Å². The van der Waals surface area contributed by atoms with E-state index in [4.69, 9.17) is 16.3 Å². The molecule has 2 heterocycles. The molecule has 0 aliphatic rings. The number of nitrogens with zero attached hydrogens (tertiary/aromatic N) is 1. The molecule has 0 saturated heterocycles. The van der Waals surface area contributed by atoms with Gasteiger partial charge in [0.2, 0.25) is 0 Å². The van der Waals surface area contributed by atoms with Crippen molar-refractivity contribution in [3.05, 3.63) is 47.7 Å². The highest BCUT2D eigenvalue weighted by atomic mass is 35.5. The van der Waals surface area contributed by atoms with Gasteiger partial charge in [0.25, 0.3) is 0 Å². The van der Waals surface area contributed by atoms with Gasteiger partial charge in [-0.15, -0.1) is 0 Å². The number of methoxy groups -OCH3 is 1. The molecule has 0 saturated carbocycles. The maximum Gasteiger partial charge on any atom is 0.137 e. The van der Waals surface area contributed by atoms with Gasteiger partial charge < -0.3 is 15.0 Å². The maximum absolute atomic E-state index is 6.09. The number of hydrogen-bond donors (Lipinski definition) is 2. The Hall–Kier alpha value is -2.20. The van der Waals surface area contributed by atoms with Crippen molar-refractivity contribution in [2.45, 2.75) is 0 Å². The molecule has 0 unspecified atom stereocenters. The number of ether oxygens (including phenoxy) is 1. The van der Waals surface area contributed by atoms with Crippen molar-refractivity contribution in [3.8, 4) is 5.75 Å². The summed E-state index contributed by atoms with van der Waals surface area (Å²) in [4.78, 5) is 7.38. The number of fused-ring (bicyclic) bond motifs is 1. The molecule has 3 rings (SSSR count). The second-order valence-electron chi connectivity index (χ2n) is 4.11. The minimum atomic E-state index is 0.572. The second-order valence-corrected chi connectivity index (χ2v) is 4.52. The Morgan fingerprint density at radius 1 is 1.21 bits per heavy atom. The van der Waals surface area contributed by atoms with Gasteiger partial charge in [0.05, 0.1) is 24.0 Å². The number of aromatic nitrogens is 2. The zero-order valence-electron chi connectivity index (χ0n) is 10.3. The quantitative estimate of drug-likeness (QED) is 0.759. The molecule has 0 fully saturated rings. The highest BCUT2D eigenvalue weighted by molar-refractivity contribution is 6.32. The van der Waals surface area contributed by atoms with Crippen molar-refractivity contribution in [1.29, 1.82) is 0 Å². The molecule has 3 aromatic rings. The molecule has 0 aliphatic heterocycles. The van der Waals surface area contributed by atoms with Gasteiger partial charge in [0, 0.05) is 17.3 Å². The van der Waals surface area contributed by atoms with Gasteiger partial charge in [-0.25, -0.2) is 4.98 Å². The third kappa shape index (κ3) is 2.35. The standard InChI is InChI=1S/C14H12ClN3O/c1-19-13-3-2-10(7-12(13)15)18-11-6-9-4-5-16-14(9)17-8-11/h2-8,18H,1H3,(H,16,17). The summed E-state index contributed by atoms with van der Waals surface area (Å²) in [5, 5.41) is 4.89. The van der Waals surface area contributed by atoms with Crippen LogP contribution in [0.2, 0.25) is 5.02 Å². The van der Waals surface area contributed by atoms with E-state index in [0.29, 0.717) is 10.8 Å². The van der Waals surface area contributed by atoms with E-state index in [1.807, 2.05) is 36.5 Å². The van der Waals surface area contributed by atoms with E-state index in [0.717, 1.165) is 22.4 Å². The molecule has 0 atom stereocenters. The molecule has 19 heavy (non-hydrogen) atoms. The number of nitrogens with one attached hydrogen (secondary N) is 2. The summed E-state index contributed by atoms with van der Waals surface area (Å²) in [5.74, 6) is 0.659. The van der Waals surface area contributed by atoms with Crippen molar-refractivity contribution in [2.24, 2.45) is 0 Å². The molecule has 4 nitrogen and oxygen atoms in total. The Bertz CT molecular complexity index is 724. The van der Waals surface area contributed by atoms with E-state index >= 15 is 0 Å². The van der Waals surface area contributed by atoms with E-state index in [9.17, 15) is 0 Å². The van der Waals surface area contributed by atoms with Crippen LogP contribution in [0.4, 0.5) is 11.4 Å². The normalized spacial score (nSPS) is 10.6. The number of halogens is 1. The first-order valence-electron chi connectivity index (χ1n) is 5.80. The first-order valence-corrected chi connectivity index (χ1v) is 6.18. The van der Waals surface area contributed by atoms with Gasteiger partial charge in [-0.1, -0.05) is 11.6 Å². The molecule has 0 amide bonds. The molecule has 2 N–H and O–H groups in total. The molecular weight excluding hydrogens is 262 g/mol. The van der Waals surface area contributed by atoms with Crippen molar-refractivity contribution in [3.63, 3.8) is 0 Å². The van der Waals surface area contributed by atoms with Gasteiger partial charge in [-0.2, -0.15) is 0 Å². The average Bonchev–Trinajstić information content (AvgIpc) is 2.86. The topological polar surface area (TPSA) is 49.9 Å². The lowest BCUT2D eigenvalue weighted by Crippen LogP contribution is -1.92. The summed E-state index contributed by atoms with van der Waals surface area (Å²) in [6.45, 7) is 0. The van der Waals surface area contributed by atoms with Crippen LogP contribution in [0.25, 0.3) is 11.0 Å². The Morgan fingerprint density at radius 3 is 2.89 bits per heavy atom. The molecule has 2 aromatic heterocycles. The fraction of sp³-hybridized carbons (Fsp3) is 0.0714. The van der Waals surface area contributed by atoms with Crippen molar-refractivity contribution in [2.75, 3.05) is 12.4 Å². The molecule has 0 radical (unpaired) electrons. The Balaban J connectivity index is 1.89. The smallest absolute Gasteiger partial charge is 0.137 e. The summed E-state index contributed by atoms with van der Waals surface area (Å²) >= 11 is 6.09. The summed E-state index contributed by atoms with van der Waals surface area (Å²) < 4.78 is 5.12. The minimum Gasteiger partial charge on any atom is -0.495 e. The Labute approximate surface area is 115 Å². The molecule has 0 spiro atoms. The van der Waals surface area contributed by atoms with Gasteiger partial charge in [0.1, 0.15) is 11.4 Å². The van der Waals surface area contributed by atoms with E-state index in [1.165, 1.54) is 0 Å². The lowest BCUT2D eigenvalue weighted by atomic mass is 10.2. The van der Waals surface area contributed by atoms with Crippen molar-refractivity contribution < 1.29 is 4.74 Å². The summed E-state index contributed by atoms with van der Waals surface area (Å²) in [5.41, 5.74) is 2.68. The van der Waals surface area contributed by atoms with Gasteiger partial charge in [0.15, 0.2) is 0 Å². The lowest BCUT2D eigenvalue weighted by Gasteiger charge is -2.08. The Kier molecular flexibility index (Phi) is 3.01. The van der Waals surface area contributed by atoms with Crippen LogP contribution in [-0.4, -0.2) is 17.1 Å². The first-order chi connectivity index (χ1) is 9.26. The van der Waals surface area contributed by atoms with Crippen LogP contribution in [0, 0.1) is 0 Å². The van der Waals surface area contributed by atoms with Gasteiger partial charge in [-0.05, 0) is 30.3 Å². The summed E-state index contributed by atoms with van der Waals surface area (Å²) in [6, 6.07) is 9.56. The van der Waals surface area contributed by atoms with Crippen LogP contribution in [-0.2, 0) is 0 Å². The number of aromatic amines is 1. The number of pyridine rings is 1. The van der Waals surface area contributed by atoms with Crippen LogP contribution < -0.4 is 10.1 Å². The zero-order chi connectivity index (χ0) is 13.2. The molecule has 5 heteroatoms. The molecule has 96 valence electrons. The fourth-order valence-electron chi connectivity index (χ4n) is 1.92. The summed E-state index contributed by atoms with van der Waals surface area (Å²) in [7, 11) is 1.60. The number of hydrogen-bond acceptors (Lipinski definition) is 3. The monoisotopic (exact) mass is 273 g/mol. The van der Waals surface area contributed by atoms with Crippen molar-refractivity contribution in [1.82, 2.24) is 9.97 Å². The Morgan fingerprint density at radius 2 is 2.11 bits per heavy atom. The van der Waals surface area contributed by atoms with Gasteiger partial charge in [-0.3, -0.25) is 0 Å². The summed E-state index contributed by atoms with van der Waals surface area (Å²) in [6.07, 6.45) is 3.64. The first kappa shape index (κ1) is 11.9. The van der Waals surface area contributed by atoms with Crippen molar-refractivity contribution >= 4 is 34.0 Å². The van der Waals surface area contributed by atoms with Crippen LogP contribution in [0.5, 0.6) is 5.75 Å². The molecule has 1 aromatic carbocycles. The lowest BCUT2D eigenvalue weighted by molar-refractivity contribution is 0.415. The zero-order valence-corrected chi connectivity index (χ0v) is 11.0. The predicted molar refractivity (Wildman–Crippen MR) is 77.4 cm³/mol. The number of benzene rings is 1. The predicted octanol–water partition coefficient (Wildman–Crippen LogP) is 3.97. The molecule has 0 bridgehead atoms. The van der Waals surface area contributed by atoms with E-state index in [2.05, 4.69) is 15.3 Å². The molecular formula is C14H12ClN3O. The van der Waals surface area contributed by atoms with Crippen LogP contribution in [0.1, 0.15) is 0 Å². The SMILES string of the molecule is COc1ccc(Nc2cnc3[nH]ccc3c2)cc1Cl. The van der Waals surface area contributed by atoms with E-state index in [1.54, 1.807) is 13.3 Å². The fourth-order valence-corrected chi connectivity index (χ4v) is 2.18. The van der Waals surface area contributed by atoms with Crippen LogP contribution >= 0.6 is 11.6 Å². The van der Waals surface area contributed by atoms with E-state index in [-0.39, 0.29) is 0 Å². The number of H-pyrrole nitrogens is 1. The highest BCUT2D eigenvalue weighted by Crippen LogP contribution is 2.29. The maximum atomic E-state index is 6.09. The second kappa shape index (κ2) is 4.82. The number of anilines is 2. The van der Waals surface area contributed by atoms with Crippen LogP contribution in [0.15, 0.2) is 42.7 Å². The average molecular weight is 274 g/mol. The minimum absolute atomic E-state index is 0.572. The van der Waals surface area contributed by atoms with Gasteiger partial charge >= 0.3 is 0 Å². The number of rotatable bonds is 3. The third-order valence-electron chi connectivity index (χ3n) is 2.84.